The Kier molecular flexibility index (Phi) is 2.41. The summed E-state index contributed by atoms with van der Waals surface area (Å²) in [6, 6.07) is 0. The fourth-order valence-electron chi connectivity index (χ4n) is 1.68. The van der Waals surface area contributed by atoms with E-state index in [-0.39, 0.29) is 5.69 Å². The van der Waals surface area contributed by atoms with Gasteiger partial charge in [-0.15, -0.1) is 0 Å². The van der Waals surface area contributed by atoms with Crippen molar-refractivity contribution in [3.8, 4) is 0 Å². The van der Waals surface area contributed by atoms with E-state index in [1.165, 1.54) is 11.8 Å². The smallest absolute Gasteiger partial charge is 0.354 e. The van der Waals surface area contributed by atoms with Gasteiger partial charge in [0, 0.05) is 11.3 Å². The molecule has 2 rings (SSSR count). The van der Waals surface area contributed by atoms with Gasteiger partial charge in [0.25, 0.3) is 0 Å². The summed E-state index contributed by atoms with van der Waals surface area (Å²) in [5.74, 6) is -0.944. The molecule has 0 spiro atoms. The van der Waals surface area contributed by atoms with Crippen molar-refractivity contribution in [3.05, 3.63) is 17.0 Å². The van der Waals surface area contributed by atoms with Gasteiger partial charge in [-0.2, -0.15) is 0 Å². The van der Waals surface area contributed by atoms with Crippen molar-refractivity contribution in [2.75, 3.05) is 6.26 Å². The second-order valence-corrected chi connectivity index (χ2v) is 3.92. The fraction of sp³-hybridized carbons (Fsp3) is 0.444. The second kappa shape index (κ2) is 3.57. The zero-order valence-electron chi connectivity index (χ0n) is 7.78. The summed E-state index contributed by atoms with van der Waals surface area (Å²) in [4.78, 5) is 19.2. The predicted octanol–water partition coefficient (Wildman–Crippen LogP) is 1.39. The zero-order valence-corrected chi connectivity index (χ0v) is 8.60. The standard InChI is InChI=1S/C9H10N2O2S/c1-14-9-10-6-4-2-3-5(6)7(11-9)8(12)13/h2-4H2,1H3,(H,12,13). The number of aryl methyl sites for hydroxylation is 1. The molecule has 0 saturated carbocycles. The van der Waals surface area contributed by atoms with Crippen molar-refractivity contribution in [2.45, 2.75) is 24.4 Å². The molecule has 14 heavy (non-hydrogen) atoms. The van der Waals surface area contributed by atoms with Crippen LogP contribution in [0.4, 0.5) is 0 Å². The highest BCUT2D eigenvalue weighted by molar-refractivity contribution is 7.98. The molecule has 1 aliphatic rings. The molecule has 0 saturated heterocycles. The number of aromatic carboxylic acids is 1. The highest BCUT2D eigenvalue weighted by Gasteiger charge is 2.22. The molecule has 0 radical (unpaired) electrons. The second-order valence-electron chi connectivity index (χ2n) is 3.14. The monoisotopic (exact) mass is 210 g/mol. The Labute approximate surface area is 85.8 Å². The van der Waals surface area contributed by atoms with E-state index in [4.69, 9.17) is 5.11 Å². The minimum absolute atomic E-state index is 0.192. The minimum Gasteiger partial charge on any atom is -0.476 e. The molecule has 0 fully saturated rings. The number of aromatic nitrogens is 2. The first kappa shape index (κ1) is 9.45. The molecule has 1 aliphatic carbocycles. The lowest BCUT2D eigenvalue weighted by Crippen LogP contribution is -2.08. The van der Waals surface area contributed by atoms with E-state index >= 15 is 0 Å². The van der Waals surface area contributed by atoms with Crippen molar-refractivity contribution >= 4 is 17.7 Å². The third kappa shape index (κ3) is 1.48. The summed E-state index contributed by atoms with van der Waals surface area (Å²) >= 11 is 1.38. The Morgan fingerprint density at radius 3 is 2.86 bits per heavy atom. The van der Waals surface area contributed by atoms with E-state index in [9.17, 15) is 4.79 Å². The fourth-order valence-corrected chi connectivity index (χ4v) is 2.06. The summed E-state index contributed by atoms with van der Waals surface area (Å²) in [6.07, 6.45) is 4.52. The number of hydrogen-bond donors (Lipinski definition) is 1. The van der Waals surface area contributed by atoms with E-state index in [1.54, 1.807) is 0 Å². The largest absolute Gasteiger partial charge is 0.476 e. The molecule has 0 bridgehead atoms. The Morgan fingerprint density at radius 2 is 2.21 bits per heavy atom. The average Bonchev–Trinajstić information content (AvgIpc) is 2.63. The van der Waals surface area contributed by atoms with Gasteiger partial charge >= 0.3 is 5.97 Å². The average molecular weight is 210 g/mol. The number of carboxylic acids is 1. The number of hydrogen-bond acceptors (Lipinski definition) is 4. The van der Waals surface area contributed by atoms with Crippen molar-refractivity contribution in [2.24, 2.45) is 0 Å². The normalized spacial score (nSPS) is 14.1. The minimum atomic E-state index is -0.944. The molecule has 0 aromatic carbocycles. The highest BCUT2D eigenvalue weighted by Crippen LogP contribution is 2.24. The van der Waals surface area contributed by atoms with Gasteiger partial charge in [-0.1, -0.05) is 11.8 Å². The van der Waals surface area contributed by atoms with Crippen LogP contribution in [0.1, 0.15) is 28.2 Å². The molecule has 0 aliphatic heterocycles. The zero-order chi connectivity index (χ0) is 10.1. The summed E-state index contributed by atoms with van der Waals surface area (Å²) < 4.78 is 0. The van der Waals surface area contributed by atoms with Crippen LogP contribution < -0.4 is 0 Å². The molecular formula is C9H10N2O2S. The lowest BCUT2D eigenvalue weighted by Gasteiger charge is -2.04. The van der Waals surface area contributed by atoms with Crippen LogP contribution >= 0.6 is 11.8 Å². The number of fused-ring (bicyclic) bond motifs is 1. The van der Waals surface area contributed by atoms with Gasteiger partial charge in [0.1, 0.15) is 0 Å². The first-order chi connectivity index (χ1) is 6.72. The number of rotatable bonds is 2. The Bertz CT molecular complexity index is 393. The molecule has 4 nitrogen and oxygen atoms in total. The number of thioether (sulfide) groups is 1. The van der Waals surface area contributed by atoms with Crippen molar-refractivity contribution < 1.29 is 9.90 Å². The van der Waals surface area contributed by atoms with Crippen molar-refractivity contribution in [1.82, 2.24) is 9.97 Å². The maximum atomic E-state index is 10.9. The van der Waals surface area contributed by atoms with Gasteiger partial charge < -0.3 is 5.11 Å². The molecular weight excluding hydrogens is 200 g/mol. The summed E-state index contributed by atoms with van der Waals surface area (Å²) in [5.41, 5.74) is 1.94. The number of nitrogens with zero attached hydrogens (tertiary/aromatic N) is 2. The lowest BCUT2D eigenvalue weighted by atomic mass is 10.2. The maximum Gasteiger partial charge on any atom is 0.354 e. The SMILES string of the molecule is CSc1nc2c(c(C(=O)O)n1)CCC2. The number of carbonyl (C=O) groups is 1. The quantitative estimate of drug-likeness (QED) is 0.590. The number of carboxylic acid groups (broad SMARTS) is 1. The van der Waals surface area contributed by atoms with E-state index in [0.29, 0.717) is 5.16 Å². The van der Waals surface area contributed by atoms with Crippen LogP contribution in [0.2, 0.25) is 0 Å². The topological polar surface area (TPSA) is 63.1 Å². The summed E-state index contributed by atoms with van der Waals surface area (Å²) in [5, 5.41) is 9.53. The molecule has 1 aromatic rings. The highest BCUT2D eigenvalue weighted by atomic mass is 32.2. The van der Waals surface area contributed by atoms with Crippen LogP contribution in [0.3, 0.4) is 0 Å². The van der Waals surface area contributed by atoms with Crippen LogP contribution in [0.25, 0.3) is 0 Å². The Hall–Kier alpha value is -1.10. The summed E-state index contributed by atoms with van der Waals surface area (Å²) in [6.45, 7) is 0. The molecule has 1 aromatic heterocycles. The van der Waals surface area contributed by atoms with Gasteiger partial charge in [-0.05, 0) is 25.5 Å². The van der Waals surface area contributed by atoms with Crippen LogP contribution in [0, 0.1) is 0 Å². The molecule has 0 amide bonds. The molecule has 0 atom stereocenters. The Balaban J connectivity index is 2.57. The molecule has 74 valence electrons. The predicted molar refractivity (Wildman–Crippen MR) is 52.8 cm³/mol. The van der Waals surface area contributed by atoms with E-state index in [0.717, 1.165) is 30.5 Å². The molecule has 1 N–H and O–H groups in total. The third-order valence-electron chi connectivity index (χ3n) is 2.30. The van der Waals surface area contributed by atoms with Crippen LogP contribution in [-0.2, 0) is 12.8 Å². The van der Waals surface area contributed by atoms with Gasteiger partial charge in [0.05, 0.1) is 0 Å². The Morgan fingerprint density at radius 1 is 1.43 bits per heavy atom. The maximum absolute atomic E-state index is 10.9. The third-order valence-corrected chi connectivity index (χ3v) is 2.85. The van der Waals surface area contributed by atoms with E-state index in [1.807, 2.05) is 6.26 Å². The molecule has 0 unspecified atom stereocenters. The molecule has 1 heterocycles. The first-order valence-corrected chi connectivity index (χ1v) is 5.62. The van der Waals surface area contributed by atoms with Crippen LogP contribution in [0.5, 0.6) is 0 Å². The van der Waals surface area contributed by atoms with Gasteiger partial charge in [0.2, 0.25) is 0 Å². The van der Waals surface area contributed by atoms with E-state index < -0.39 is 5.97 Å². The first-order valence-electron chi connectivity index (χ1n) is 4.39. The lowest BCUT2D eigenvalue weighted by molar-refractivity contribution is 0.0688. The van der Waals surface area contributed by atoms with E-state index in [2.05, 4.69) is 9.97 Å². The van der Waals surface area contributed by atoms with Crippen LogP contribution in [-0.4, -0.2) is 27.3 Å². The van der Waals surface area contributed by atoms with Gasteiger partial charge in [-0.3, -0.25) is 0 Å². The van der Waals surface area contributed by atoms with Crippen molar-refractivity contribution in [1.29, 1.82) is 0 Å². The summed E-state index contributed by atoms with van der Waals surface area (Å²) in [7, 11) is 0. The van der Waals surface area contributed by atoms with Gasteiger partial charge in [0.15, 0.2) is 10.9 Å². The van der Waals surface area contributed by atoms with Crippen LogP contribution in [0.15, 0.2) is 5.16 Å². The van der Waals surface area contributed by atoms with Crippen molar-refractivity contribution in [3.63, 3.8) is 0 Å². The van der Waals surface area contributed by atoms with Gasteiger partial charge in [-0.25, -0.2) is 14.8 Å². The molecule has 5 heteroatoms.